The number of rotatable bonds is 4. The van der Waals surface area contributed by atoms with Gasteiger partial charge in [0.25, 0.3) is 0 Å². The summed E-state index contributed by atoms with van der Waals surface area (Å²) < 4.78 is 6.76. The number of furan rings is 1. The van der Waals surface area contributed by atoms with Crippen molar-refractivity contribution in [2.45, 2.75) is 5.41 Å². The Morgan fingerprint density at radius 2 is 1.02 bits per heavy atom. The molecular weight excluding hydrogens is 619 g/mol. The van der Waals surface area contributed by atoms with Crippen molar-refractivity contribution in [3.8, 4) is 33.6 Å². The quantitative estimate of drug-likeness (QED) is 0.189. The third kappa shape index (κ3) is 3.87. The van der Waals surface area contributed by atoms with E-state index in [4.69, 9.17) is 4.42 Å². The van der Waals surface area contributed by atoms with E-state index >= 15 is 0 Å². The SMILES string of the molecule is c1ccc(-c2ccc(N(c3ccc4c(c3)C3(c5ccccc5-4)c4ccccc4-c4oc5ccccc5c43)c3cccc4ccccc34)cc2)cc1. The molecule has 0 saturated heterocycles. The van der Waals surface area contributed by atoms with E-state index in [2.05, 4.69) is 193 Å². The highest BCUT2D eigenvalue weighted by atomic mass is 16.3. The molecule has 51 heavy (non-hydrogen) atoms. The lowest BCUT2D eigenvalue weighted by molar-refractivity contribution is 0.628. The second-order valence-electron chi connectivity index (χ2n) is 13.6. The van der Waals surface area contributed by atoms with Crippen molar-refractivity contribution in [2.24, 2.45) is 0 Å². The number of benzene rings is 8. The van der Waals surface area contributed by atoms with Crippen LogP contribution in [0.4, 0.5) is 17.1 Å². The second-order valence-corrected chi connectivity index (χ2v) is 13.6. The Hall–Kier alpha value is -6.64. The first kappa shape index (κ1) is 28.2. The summed E-state index contributed by atoms with van der Waals surface area (Å²) in [4.78, 5) is 2.43. The van der Waals surface area contributed by atoms with Gasteiger partial charge in [0.05, 0.1) is 11.1 Å². The Labute approximate surface area is 296 Å². The fourth-order valence-corrected chi connectivity index (χ4v) is 8.98. The van der Waals surface area contributed by atoms with Crippen molar-refractivity contribution in [3.63, 3.8) is 0 Å². The highest BCUT2D eigenvalue weighted by Gasteiger charge is 2.54. The summed E-state index contributed by atoms with van der Waals surface area (Å²) in [6.45, 7) is 0. The van der Waals surface area contributed by atoms with Crippen LogP contribution >= 0.6 is 0 Å². The van der Waals surface area contributed by atoms with Gasteiger partial charge in [-0.1, -0.05) is 152 Å². The molecule has 8 aromatic carbocycles. The van der Waals surface area contributed by atoms with E-state index in [-0.39, 0.29) is 0 Å². The topological polar surface area (TPSA) is 16.4 Å². The van der Waals surface area contributed by atoms with Gasteiger partial charge < -0.3 is 9.32 Å². The molecule has 0 N–H and O–H groups in total. The summed E-state index contributed by atoms with van der Waals surface area (Å²) >= 11 is 0. The van der Waals surface area contributed by atoms with E-state index in [0.29, 0.717) is 0 Å². The van der Waals surface area contributed by atoms with Crippen LogP contribution in [0.3, 0.4) is 0 Å². The number of fused-ring (bicyclic) bond motifs is 13. The van der Waals surface area contributed by atoms with Gasteiger partial charge in [-0.3, -0.25) is 0 Å². The van der Waals surface area contributed by atoms with Gasteiger partial charge in [-0.05, 0) is 80.7 Å². The molecule has 0 fully saturated rings. The van der Waals surface area contributed by atoms with E-state index in [1.165, 1.54) is 66.2 Å². The lowest BCUT2D eigenvalue weighted by atomic mass is 9.70. The summed E-state index contributed by atoms with van der Waals surface area (Å²) in [6.07, 6.45) is 0. The Morgan fingerprint density at radius 3 is 1.86 bits per heavy atom. The Balaban J connectivity index is 1.20. The van der Waals surface area contributed by atoms with Crippen LogP contribution in [0.15, 0.2) is 192 Å². The smallest absolute Gasteiger partial charge is 0.140 e. The van der Waals surface area contributed by atoms with E-state index in [1.54, 1.807) is 0 Å². The Bertz CT molecular complexity index is 2810. The fourth-order valence-electron chi connectivity index (χ4n) is 8.98. The zero-order valence-corrected chi connectivity index (χ0v) is 27.8. The molecule has 2 aliphatic rings. The van der Waals surface area contributed by atoms with Crippen LogP contribution in [-0.4, -0.2) is 0 Å². The van der Waals surface area contributed by atoms with Gasteiger partial charge in [0.15, 0.2) is 0 Å². The molecule has 1 spiro atoms. The molecule has 0 amide bonds. The molecule has 0 radical (unpaired) electrons. The van der Waals surface area contributed by atoms with Gasteiger partial charge >= 0.3 is 0 Å². The monoisotopic (exact) mass is 649 g/mol. The molecule has 2 heteroatoms. The maximum absolute atomic E-state index is 6.76. The van der Waals surface area contributed by atoms with E-state index in [9.17, 15) is 0 Å². The zero-order chi connectivity index (χ0) is 33.5. The summed E-state index contributed by atoms with van der Waals surface area (Å²) in [6, 6.07) is 68.4. The molecule has 0 bridgehead atoms. The van der Waals surface area contributed by atoms with Crippen LogP contribution < -0.4 is 4.90 Å². The van der Waals surface area contributed by atoms with Crippen LogP contribution in [0.5, 0.6) is 0 Å². The summed E-state index contributed by atoms with van der Waals surface area (Å²) in [5.74, 6) is 0.974. The van der Waals surface area contributed by atoms with Crippen LogP contribution in [0.1, 0.15) is 22.3 Å². The van der Waals surface area contributed by atoms with Crippen molar-refractivity contribution < 1.29 is 4.42 Å². The highest BCUT2D eigenvalue weighted by molar-refractivity contribution is 6.03. The third-order valence-corrected chi connectivity index (χ3v) is 11.1. The molecule has 2 aliphatic carbocycles. The van der Waals surface area contributed by atoms with E-state index in [0.717, 1.165) is 28.4 Å². The molecule has 0 saturated carbocycles. The minimum atomic E-state index is -0.526. The van der Waals surface area contributed by atoms with Crippen molar-refractivity contribution in [2.75, 3.05) is 4.90 Å². The summed E-state index contributed by atoms with van der Waals surface area (Å²) in [5, 5.41) is 3.59. The number of nitrogens with zero attached hydrogens (tertiary/aromatic N) is 1. The minimum Gasteiger partial charge on any atom is -0.456 e. The Kier molecular flexibility index (Phi) is 5.91. The number of hydrogen-bond donors (Lipinski definition) is 0. The standard InChI is InChI=1S/C49H31NO/c1-2-13-32(14-3-1)33-25-27-35(28-26-33)50(45-23-12-16-34-15-4-5-17-37(34)45)36-29-30-39-38-18-6-9-21-42(38)49(44(39)31-36)43-22-10-7-19-40(43)48-47(49)41-20-8-11-24-46(41)51-48/h1-31H. The van der Waals surface area contributed by atoms with Gasteiger partial charge in [-0.15, -0.1) is 0 Å². The molecular formula is C49H31NO. The molecule has 11 rings (SSSR count). The van der Waals surface area contributed by atoms with Crippen molar-refractivity contribution in [1.29, 1.82) is 0 Å². The van der Waals surface area contributed by atoms with Crippen LogP contribution in [0.25, 0.3) is 55.3 Å². The van der Waals surface area contributed by atoms with Crippen LogP contribution in [0.2, 0.25) is 0 Å². The minimum absolute atomic E-state index is 0.526. The molecule has 9 aromatic rings. The molecule has 1 atom stereocenters. The maximum atomic E-state index is 6.76. The maximum Gasteiger partial charge on any atom is 0.140 e. The van der Waals surface area contributed by atoms with Crippen molar-refractivity contribution in [1.82, 2.24) is 0 Å². The number of anilines is 3. The molecule has 2 nitrogen and oxygen atoms in total. The second kappa shape index (κ2) is 10.7. The van der Waals surface area contributed by atoms with Crippen molar-refractivity contribution in [3.05, 3.63) is 210 Å². The highest BCUT2D eigenvalue weighted by Crippen LogP contribution is 2.65. The largest absolute Gasteiger partial charge is 0.456 e. The van der Waals surface area contributed by atoms with Gasteiger partial charge in [0.2, 0.25) is 0 Å². The molecule has 1 heterocycles. The van der Waals surface area contributed by atoms with Crippen molar-refractivity contribution >= 4 is 38.8 Å². The van der Waals surface area contributed by atoms with Crippen LogP contribution in [-0.2, 0) is 5.41 Å². The molecule has 238 valence electrons. The average Bonchev–Trinajstić information content (AvgIpc) is 3.82. The fraction of sp³-hybridized carbons (Fsp3) is 0.0204. The average molecular weight is 650 g/mol. The van der Waals surface area contributed by atoms with Gasteiger partial charge in [-0.2, -0.15) is 0 Å². The molecule has 1 unspecified atom stereocenters. The first-order valence-electron chi connectivity index (χ1n) is 17.6. The first-order chi connectivity index (χ1) is 25.3. The normalized spacial score (nSPS) is 15.1. The Morgan fingerprint density at radius 1 is 0.412 bits per heavy atom. The third-order valence-electron chi connectivity index (χ3n) is 11.1. The first-order valence-corrected chi connectivity index (χ1v) is 17.6. The predicted octanol–water partition coefficient (Wildman–Crippen LogP) is 13.1. The predicted molar refractivity (Wildman–Crippen MR) is 210 cm³/mol. The summed E-state index contributed by atoms with van der Waals surface area (Å²) in [7, 11) is 0. The van der Waals surface area contributed by atoms with Crippen LogP contribution in [0, 0.1) is 0 Å². The summed E-state index contributed by atoms with van der Waals surface area (Å²) in [5.41, 5.74) is 15.0. The number of hydrogen-bond acceptors (Lipinski definition) is 2. The van der Waals surface area contributed by atoms with E-state index < -0.39 is 5.41 Å². The van der Waals surface area contributed by atoms with E-state index in [1.807, 2.05) is 0 Å². The molecule has 1 aromatic heterocycles. The van der Waals surface area contributed by atoms with Gasteiger partial charge in [0.1, 0.15) is 11.3 Å². The molecule has 0 aliphatic heterocycles. The lowest BCUT2D eigenvalue weighted by Gasteiger charge is -2.32. The van der Waals surface area contributed by atoms with Gasteiger partial charge in [-0.25, -0.2) is 0 Å². The lowest BCUT2D eigenvalue weighted by Crippen LogP contribution is -2.26. The zero-order valence-electron chi connectivity index (χ0n) is 27.8. The number of para-hydroxylation sites is 1. The van der Waals surface area contributed by atoms with Gasteiger partial charge in [0, 0.05) is 33.3 Å².